The van der Waals surface area contributed by atoms with Crippen molar-refractivity contribution in [2.24, 2.45) is 0 Å². The van der Waals surface area contributed by atoms with Gasteiger partial charge in [-0.2, -0.15) is 0 Å². The largest absolute Gasteiger partial charge is 0.295 e. The number of rotatable bonds is 2. The first-order valence-corrected chi connectivity index (χ1v) is 5.87. The Morgan fingerprint density at radius 3 is 2.38 bits per heavy atom. The predicted molar refractivity (Wildman–Crippen MR) is 56.9 cm³/mol. The molecule has 0 aromatic rings. The first kappa shape index (κ1) is 9.51. The number of hydrogen-bond donors (Lipinski definition) is 0. The van der Waals surface area contributed by atoms with Crippen molar-refractivity contribution in [3.05, 3.63) is 0 Å². The van der Waals surface area contributed by atoms with E-state index in [1.165, 1.54) is 44.9 Å². The van der Waals surface area contributed by atoms with Crippen LogP contribution in [0.4, 0.5) is 0 Å². The van der Waals surface area contributed by atoms with Crippen molar-refractivity contribution in [1.29, 1.82) is 0 Å². The fraction of sp³-hybridized carbons (Fsp3) is 1.00. The summed E-state index contributed by atoms with van der Waals surface area (Å²) < 4.78 is 0. The molecule has 0 bridgehead atoms. The van der Waals surface area contributed by atoms with Crippen LogP contribution in [0.1, 0.15) is 58.8 Å². The van der Waals surface area contributed by atoms with Gasteiger partial charge in [-0.1, -0.05) is 13.3 Å². The van der Waals surface area contributed by atoms with Crippen LogP contribution in [0, 0.1) is 0 Å². The monoisotopic (exact) mass is 181 g/mol. The third-order valence-corrected chi connectivity index (χ3v) is 4.49. The Bertz CT molecular complexity index is 191. The third kappa shape index (κ3) is 1.41. The Labute approximate surface area is 82.5 Å². The molecular weight excluding hydrogens is 158 g/mol. The van der Waals surface area contributed by atoms with Gasteiger partial charge in [0.2, 0.25) is 0 Å². The second-order valence-corrected chi connectivity index (χ2v) is 5.38. The minimum Gasteiger partial charge on any atom is -0.295 e. The molecule has 1 atom stereocenters. The SMILES string of the molecule is CCCC1(C)CCCC2(CC2)N1C. The van der Waals surface area contributed by atoms with Gasteiger partial charge in [-0.05, 0) is 52.5 Å². The summed E-state index contributed by atoms with van der Waals surface area (Å²) in [4.78, 5) is 2.72. The van der Waals surface area contributed by atoms with E-state index in [-0.39, 0.29) is 0 Å². The van der Waals surface area contributed by atoms with Crippen molar-refractivity contribution in [1.82, 2.24) is 4.90 Å². The number of likely N-dealkylation sites (tertiary alicyclic amines) is 1. The van der Waals surface area contributed by atoms with Crippen molar-refractivity contribution in [2.75, 3.05) is 7.05 Å². The lowest BCUT2D eigenvalue weighted by atomic mass is 9.81. The van der Waals surface area contributed by atoms with E-state index in [9.17, 15) is 0 Å². The molecule has 1 nitrogen and oxygen atoms in total. The third-order valence-electron chi connectivity index (χ3n) is 4.49. The van der Waals surface area contributed by atoms with E-state index in [0.717, 1.165) is 0 Å². The Morgan fingerprint density at radius 2 is 1.85 bits per heavy atom. The zero-order chi connectivity index (χ0) is 9.53. The van der Waals surface area contributed by atoms with Crippen molar-refractivity contribution < 1.29 is 0 Å². The molecule has 2 fully saturated rings. The molecule has 1 spiro atoms. The molecule has 1 heteroatoms. The van der Waals surface area contributed by atoms with E-state index in [0.29, 0.717) is 11.1 Å². The van der Waals surface area contributed by atoms with Crippen LogP contribution in [-0.2, 0) is 0 Å². The van der Waals surface area contributed by atoms with Crippen LogP contribution in [0.3, 0.4) is 0 Å². The average Bonchev–Trinajstić information content (AvgIpc) is 2.83. The lowest BCUT2D eigenvalue weighted by Crippen LogP contribution is -2.53. The van der Waals surface area contributed by atoms with Crippen LogP contribution in [-0.4, -0.2) is 23.0 Å². The van der Waals surface area contributed by atoms with Crippen molar-refractivity contribution in [3.8, 4) is 0 Å². The summed E-state index contributed by atoms with van der Waals surface area (Å²) in [5.41, 5.74) is 1.17. The van der Waals surface area contributed by atoms with Gasteiger partial charge >= 0.3 is 0 Å². The quantitative estimate of drug-likeness (QED) is 0.632. The smallest absolute Gasteiger partial charge is 0.0213 e. The molecule has 13 heavy (non-hydrogen) atoms. The first-order chi connectivity index (χ1) is 6.13. The molecule has 1 aliphatic carbocycles. The zero-order valence-corrected chi connectivity index (χ0v) is 9.40. The van der Waals surface area contributed by atoms with Crippen molar-refractivity contribution in [3.63, 3.8) is 0 Å². The fourth-order valence-corrected chi connectivity index (χ4v) is 3.27. The van der Waals surface area contributed by atoms with E-state index >= 15 is 0 Å². The normalized spacial score (nSPS) is 38.1. The van der Waals surface area contributed by atoms with E-state index in [4.69, 9.17) is 0 Å². The van der Waals surface area contributed by atoms with Crippen molar-refractivity contribution >= 4 is 0 Å². The number of hydrogen-bond acceptors (Lipinski definition) is 1. The average molecular weight is 181 g/mol. The van der Waals surface area contributed by atoms with Crippen LogP contribution >= 0.6 is 0 Å². The summed E-state index contributed by atoms with van der Waals surface area (Å²) in [6.07, 6.45) is 9.97. The van der Waals surface area contributed by atoms with Crippen LogP contribution in [0.25, 0.3) is 0 Å². The standard InChI is InChI=1S/C12H23N/c1-4-6-11(2)7-5-8-12(9-10-12)13(11)3/h4-10H2,1-3H3. The topological polar surface area (TPSA) is 3.24 Å². The highest BCUT2D eigenvalue weighted by Crippen LogP contribution is 2.53. The lowest BCUT2D eigenvalue weighted by molar-refractivity contribution is 0.0157. The molecular formula is C12H23N. The molecule has 0 N–H and O–H groups in total. The molecule has 1 unspecified atom stereocenters. The maximum Gasteiger partial charge on any atom is 0.0213 e. The van der Waals surface area contributed by atoms with Gasteiger partial charge in [-0.3, -0.25) is 4.90 Å². The van der Waals surface area contributed by atoms with Gasteiger partial charge in [0.25, 0.3) is 0 Å². The van der Waals surface area contributed by atoms with Crippen LogP contribution in [0.15, 0.2) is 0 Å². The molecule has 1 saturated heterocycles. The molecule has 76 valence electrons. The van der Waals surface area contributed by atoms with Gasteiger partial charge < -0.3 is 0 Å². The Morgan fingerprint density at radius 1 is 1.15 bits per heavy atom. The van der Waals surface area contributed by atoms with Gasteiger partial charge in [0.05, 0.1) is 0 Å². The van der Waals surface area contributed by atoms with Crippen LogP contribution in [0.2, 0.25) is 0 Å². The predicted octanol–water partition coefficient (Wildman–Crippen LogP) is 3.19. The minimum absolute atomic E-state index is 0.517. The van der Waals surface area contributed by atoms with Gasteiger partial charge in [0.1, 0.15) is 0 Å². The highest BCUT2D eigenvalue weighted by atomic mass is 15.3. The molecule has 1 aliphatic heterocycles. The van der Waals surface area contributed by atoms with E-state index in [2.05, 4.69) is 25.8 Å². The maximum absolute atomic E-state index is 2.72. The first-order valence-electron chi connectivity index (χ1n) is 5.87. The molecule has 0 radical (unpaired) electrons. The van der Waals surface area contributed by atoms with E-state index in [1.54, 1.807) is 0 Å². The highest BCUT2D eigenvalue weighted by Gasteiger charge is 2.53. The molecule has 2 rings (SSSR count). The summed E-state index contributed by atoms with van der Waals surface area (Å²) >= 11 is 0. The zero-order valence-electron chi connectivity index (χ0n) is 9.40. The summed E-state index contributed by atoms with van der Waals surface area (Å²) in [5, 5.41) is 0. The summed E-state index contributed by atoms with van der Waals surface area (Å²) in [6, 6.07) is 0. The molecule has 0 aromatic carbocycles. The molecule has 0 aromatic heterocycles. The summed E-state index contributed by atoms with van der Waals surface area (Å²) in [7, 11) is 2.36. The van der Waals surface area contributed by atoms with Gasteiger partial charge in [-0.25, -0.2) is 0 Å². The molecule has 0 amide bonds. The number of nitrogens with zero attached hydrogens (tertiary/aromatic N) is 1. The molecule has 1 saturated carbocycles. The Kier molecular flexibility index (Phi) is 2.18. The van der Waals surface area contributed by atoms with Gasteiger partial charge in [0, 0.05) is 11.1 Å². The molecule has 2 aliphatic rings. The Hall–Kier alpha value is -0.0400. The highest BCUT2D eigenvalue weighted by molar-refractivity contribution is 5.10. The van der Waals surface area contributed by atoms with E-state index in [1.807, 2.05) is 0 Å². The summed E-state index contributed by atoms with van der Waals surface area (Å²) in [6.45, 7) is 4.78. The van der Waals surface area contributed by atoms with Gasteiger partial charge in [-0.15, -0.1) is 0 Å². The maximum atomic E-state index is 2.72. The van der Waals surface area contributed by atoms with Crippen LogP contribution in [0.5, 0.6) is 0 Å². The second-order valence-electron chi connectivity index (χ2n) is 5.38. The summed E-state index contributed by atoms with van der Waals surface area (Å²) in [5.74, 6) is 0. The number of piperidine rings is 1. The van der Waals surface area contributed by atoms with E-state index < -0.39 is 0 Å². The van der Waals surface area contributed by atoms with Crippen LogP contribution < -0.4 is 0 Å². The second kappa shape index (κ2) is 2.98. The minimum atomic E-state index is 0.517. The van der Waals surface area contributed by atoms with Gasteiger partial charge in [0.15, 0.2) is 0 Å². The molecule has 1 heterocycles. The fourth-order valence-electron chi connectivity index (χ4n) is 3.27. The lowest BCUT2D eigenvalue weighted by Gasteiger charge is -2.48. The van der Waals surface area contributed by atoms with Crippen molar-refractivity contribution in [2.45, 2.75) is 69.9 Å². The Balaban J connectivity index is 2.10.